The molecule has 2 amide bonds. The Hall–Kier alpha value is -2.08. The van der Waals surface area contributed by atoms with E-state index in [4.69, 9.17) is 10.6 Å². The van der Waals surface area contributed by atoms with Crippen LogP contribution in [0, 0.1) is 12.8 Å². The summed E-state index contributed by atoms with van der Waals surface area (Å²) in [4.78, 5) is 26.1. The summed E-state index contributed by atoms with van der Waals surface area (Å²) >= 11 is 0. The molecule has 0 bridgehead atoms. The molecule has 2 rings (SSSR count). The van der Waals surface area contributed by atoms with Crippen molar-refractivity contribution in [1.29, 1.82) is 0 Å². The second-order valence-corrected chi connectivity index (χ2v) is 5.96. The van der Waals surface area contributed by atoms with Crippen molar-refractivity contribution in [3.8, 4) is 5.75 Å². The highest BCUT2D eigenvalue weighted by atomic mass is 16.5. The zero-order valence-electron chi connectivity index (χ0n) is 13.7. The first-order valence-electron chi connectivity index (χ1n) is 8.07. The molecule has 6 nitrogen and oxygen atoms in total. The van der Waals surface area contributed by atoms with Gasteiger partial charge in [-0.05, 0) is 43.9 Å². The molecule has 0 radical (unpaired) electrons. The molecule has 1 aliphatic rings. The highest BCUT2D eigenvalue weighted by Gasteiger charge is 2.31. The van der Waals surface area contributed by atoms with Crippen molar-refractivity contribution in [2.75, 3.05) is 13.1 Å². The number of hydrogen-bond donors (Lipinski definition) is 2. The van der Waals surface area contributed by atoms with E-state index in [0.29, 0.717) is 25.3 Å². The molecule has 2 atom stereocenters. The largest absolute Gasteiger partial charge is 0.481 e. The summed E-state index contributed by atoms with van der Waals surface area (Å²) in [5.41, 5.74) is 3.26. The zero-order valence-corrected chi connectivity index (χ0v) is 13.7. The molecule has 1 aromatic carbocycles. The highest BCUT2D eigenvalue weighted by Crippen LogP contribution is 2.20. The van der Waals surface area contributed by atoms with Gasteiger partial charge in [0.15, 0.2) is 6.10 Å². The Balaban J connectivity index is 2.02. The zero-order chi connectivity index (χ0) is 16.8. The molecule has 0 aliphatic carbocycles. The lowest BCUT2D eigenvalue weighted by molar-refractivity contribution is -0.142. The Morgan fingerprint density at radius 3 is 2.91 bits per heavy atom. The summed E-state index contributed by atoms with van der Waals surface area (Å²) in [5.74, 6) is 5.37. The Labute approximate surface area is 136 Å². The number of rotatable bonds is 5. The van der Waals surface area contributed by atoms with Gasteiger partial charge in [-0.25, -0.2) is 5.84 Å². The summed E-state index contributed by atoms with van der Waals surface area (Å²) in [6, 6.07) is 7.65. The minimum atomic E-state index is -0.531. The minimum absolute atomic E-state index is 0.0662. The van der Waals surface area contributed by atoms with Gasteiger partial charge in [0.25, 0.3) is 5.91 Å². The molecule has 1 fully saturated rings. The first kappa shape index (κ1) is 17.3. The van der Waals surface area contributed by atoms with Crippen molar-refractivity contribution in [3.63, 3.8) is 0 Å². The number of carbonyl (C=O) groups excluding carboxylic acids is 2. The quantitative estimate of drug-likeness (QED) is 0.488. The fraction of sp³-hybridized carbons (Fsp3) is 0.529. The average molecular weight is 319 g/mol. The molecule has 0 saturated carbocycles. The van der Waals surface area contributed by atoms with E-state index in [9.17, 15) is 9.59 Å². The number of hydrazine groups is 1. The van der Waals surface area contributed by atoms with Crippen molar-refractivity contribution in [3.05, 3.63) is 29.8 Å². The third kappa shape index (κ3) is 4.45. The lowest BCUT2D eigenvalue weighted by Gasteiger charge is -2.34. The number of likely N-dealkylation sites (tertiary alicyclic amines) is 1. The Morgan fingerprint density at radius 1 is 1.48 bits per heavy atom. The molecule has 1 saturated heterocycles. The monoisotopic (exact) mass is 319 g/mol. The normalized spacial score (nSPS) is 19.1. The maximum absolute atomic E-state index is 12.7. The standard InChI is InChI=1S/C17H25N3O3/c1-3-15(23-14-8-4-6-12(2)10-14)17(22)20-9-5-7-13(11-20)16(21)19-18/h4,6,8,10,13,15H,3,5,7,9,11,18H2,1-2H3,(H,19,21). The topological polar surface area (TPSA) is 84.7 Å². The molecule has 126 valence electrons. The number of piperidine rings is 1. The fourth-order valence-electron chi connectivity index (χ4n) is 2.87. The van der Waals surface area contributed by atoms with Crippen LogP contribution in [0.25, 0.3) is 0 Å². The van der Waals surface area contributed by atoms with Gasteiger partial charge >= 0.3 is 0 Å². The summed E-state index contributed by atoms with van der Waals surface area (Å²) in [6.45, 7) is 4.96. The van der Waals surface area contributed by atoms with Gasteiger partial charge in [-0.15, -0.1) is 0 Å². The van der Waals surface area contributed by atoms with E-state index < -0.39 is 6.10 Å². The number of hydrogen-bond acceptors (Lipinski definition) is 4. The van der Waals surface area contributed by atoms with Crippen LogP contribution in [0.3, 0.4) is 0 Å². The van der Waals surface area contributed by atoms with E-state index in [1.54, 1.807) is 4.90 Å². The third-order valence-corrected chi connectivity index (χ3v) is 4.16. The van der Waals surface area contributed by atoms with E-state index in [1.165, 1.54) is 0 Å². The highest BCUT2D eigenvalue weighted by molar-refractivity contribution is 5.83. The SMILES string of the molecule is CCC(Oc1cccc(C)c1)C(=O)N1CCCC(C(=O)NN)C1. The molecular formula is C17H25N3O3. The maximum Gasteiger partial charge on any atom is 0.263 e. The Morgan fingerprint density at radius 2 is 2.26 bits per heavy atom. The summed E-state index contributed by atoms with van der Waals surface area (Å²) in [7, 11) is 0. The first-order valence-corrected chi connectivity index (χ1v) is 8.07. The van der Waals surface area contributed by atoms with Crippen molar-refractivity contribution < 1.29 is 14.3 Å². The second kappa shape index (κ2) is 7.97. The van der Waals surface area contributed by atoms with Gasteiger partial charge in [-0.3, -0.25) is 15.0 Å². The number of benzene rings is 1. The lowest BCUT2D eigenvalue weighted by Crippen LogP contribution is -2.50. The van der Waals surface area contributed by atoms with Crippen molar-refractivity contribution in [1.82, 2.24) is 10.3 Å². The van der Waals surface area contributed by atoms with Crippen LogP contribution < -0.4 is 16.0 Å². The van der Waals surface area contributed by atoms with Crippen molar-refractivity contribution in [2.45, 2.75) is 39.2 Å². The smallest absolute Gasteiger partial charge is 0.263 e. The summed E-state index contributed by atoms with van der Waals surface area (Å²) in [6.07, 6.45) is 1.60. The molecule has 3 N–H and O–H groups in total. The van der Waals surface area contributed by atoms with E-state index in [1.807, 2.05) is 38.1 Å². The second-order valence-electron chi connectivity index (χ2n) is 5.96. The van der Waals surface area contributed by atoms with Crippen LogP contribution in [-0.2, 0) is 9.59 Å². The van der Waals surface area contributed by atoms with Gasteiger partial charge in [-0.2, -0.15) is 0 Å². The third-order valence-electron chi connectivity index (χ3n) is 4.16. The van der Waals surface area contributed by atoms with E-state index in [-0.39, 0.29) is 17.7 Å². The number of carbonyl (C=O) groups is 2. The molecule has 2 unspecified atom stereocenters. The predicted octanol–water partition coefficient (Wildman–Crippen LogP) is 1.38. The summed E-state index contributed by atoms with van der Waals surface area (Å²) in [5, 5.41) is 0. The Kier molecular flexibility index (Phi) is 5.98. The van der Waals surface area contributed by atoms with Crippen LogP contribution in [0.4, 0.5) is 0 Å². The molecule has 6 heteroatoms. The number of nitrogens with two attached hydrogens (primary N) is 1. The number of amides is 2. The van der Waals surface area contributed by atoms with E-state index in [0.717, 1.165) is 18.4 Å². The van der Waals surface area contributed by atoms with Crippen molar-refractivity contribution >= 4 is 11.8 Å². The minimum Gasteiger partial charge on any atom is -0.481 e. The van der Waals surface area contributed by atoms with Crippen LogP contribution >= 0.6 is 0 Å². The lowest BCUT2D eigenvalue weighted by atomic mass is 9.97. The van der Waals surface area contributed by atoms with Crippen LogP contribution in [0.1, 0.15) is 31.7 Å². The molecule has 23 heavy (non-hydrogen) atoms. The molecule has 0 aromatic heterocycles. The van der Waals surface area contributed by atoms with Crippen LogP contribution in [-0.4, -0.2) is 35.9 Å². The van der Waals surface area contributed by atoms with Crippen molar-refractivity contribution in [2.24, 2.45) is 11.8 Å². The number of ether oxygens (including phenoxy) is 1. The molecular weight excluding hydrogens is 294 g/mol. The number of nitrogens with one attached hydrogen (secondary N) is 1. The van der Waals surface area contributed by atoms with E-state index in [2.05, 4.69) is 5.43 Å². The van der Waals surface area contributed by atoms with Gasteiger partial charge in [-0.1, -0.05) is 19.1 Å². The number of aryl methyl sites for hydroxylation is 1. The Bertz CT molecular complexity index is 562. The molecule has 1 aromatic rings. The fourth-order valence-corrected chi connectivity index (χ4v) is 2.87. The van der Waals surface area contributed by atoms with Gasteiger partial charge in [0.1, 0.15) is 5.75 Å². The van der Waals surface area contributed by atoms with Crippen LogP contribution in [0.5, 0.6) is 5.75 Å². The van der Waals surface area contributed by atoms with Gasteiger partial charge < -0.3 is 9.64 Å². The first-order chi connectivity index (χ1) is 11.0. The number of nitrogens with zero attached hydrogens (tertiary/aromatic N) is 1. The van der Waals surface area contributed by atoms with Crippen LogP contribution in [0.15, 0.2) is 24.3 Å². The predicted molar refractivity (Wildman–Crippen MR) is 87.5 cm³/mol. The van der Waals surface area contributed by atoms with Gasteiger partial charge in [0.2, 0.25) is 5.91 Å². The van der Waals surface area contributed by atoms with Gasteiger partial charge in [0.05, 0.1) is 5.92 Å². The maximum atomic E-state index is 12.7. The van der Waals surface area contributed by atoms with Crippen LogP contribution in [0.2, 0.25) is 0 Å². The molecule has 1 heterocycles. The molecule has 1 aliphatic heterocycles. The molecule has 0 spiro atoms. The summed E-state index contributed by atoms with van der Waals surface area (Å²) < 4.78 is 5.87. The average Bonchev–Trinajstić information content (AvgIpc) is 2.58. The van der Waals surface area contributed by atoms with E-state index >= 15 is 0 Å². The van der Waals surface area contributed by atoms with Gasteiger partial charge in [0, 0.05) is 13.1 Å².